The number of ether oxygens (including phenoxy) is 2. The van der Waals surface area contributed by atoms with Crippen LogP contribution in [0.15, 0.2) is 42.2 Å². The van der Waals surface area contributed by atoms with Crippen molar-refractivity contribution in [3.63, 3.8) is 0 Å². The second kappa shape index (κ2) is 8.82. The maximum atomic E-state index is 10.8. The molecule has 27 heavy (non-hydrogen) atoms. The summed E-state index contributed by atoms with van der Waals surface area (Å²) in [5, 5.41) is 8.89. The molecule has 1 aromatic heterocycles. The Morgan fingerprint density at radius 3 is 2.85 bits per heavy atom. The Kier molecular flexibility index (Phi) is 6.24. The maximum absolute atomic E-state index is 10.8. The summed E-state index contributed by atoms with van der Waals surface area (Å²) in [5.41, 5.74) is 6.71. The van der Waals surface area contributed by atoms with E-state index in [4.69, 9.17) is 14.6 Å². The number of carboxylic acids is 1. The Morgan fingerprint density at radius 1 is 1.26 bits per heavy atom. The van der Waals surface area contributed by atoms with Crippen LogP contribution in [0.25, 0.3) is 5.57 Å². The van der Waals surface area contributed by atoms with E-state index in [1.54, 1.807) is 6.20 Å². The molecule has 5 nitrogen and oxygen atoms in total. The molecule has 0 amide bonds. The number of carbonyl (C=O) groups is 1. The summed E-state index contributed by atoms with van der Waals surface area (Å²) in [6.45, 7) is 5.79. The van der Waals surface area contributed by atoms with Gasteiger partial charge in [-0.2, -0.15) is 0 Å². The average molecular weight is 367 g/mol. The minimum Gasteiger partial charge on any atom is -0.489 e. The third-order valence-electron chi connectivity index (χ3n) is 5.07. The maximum Gasteiger partial charge on any atom is 0.303 e. The summed E-state index contributed by atoms with van der Waals surface area (Å²) in [7, 11) is 0. The molecule has 5 heteroatoms. The van der Waals surface area contributed by atoms with Gasteiger partial charge in [0.1, 0.15) is 12.4 Å². The number of carboxylic acid groups (broad SMARTS) is 1. The molecule has 0 atom stereocenters. The topological polar surface area (TPSA) is 68.7 Å². The van der Waals surface area contributed by atoms with Crippen LogP contribution < -0.4 is 4.74 Å². The van der Waals surface area contributed by atoms with Crippen LogP contribution in [0.3, 0.4) is 0 Å². The normalized spacial score (nSPS) is 14.3. The largest absolute Gasteiger partial charge is 0.489 e. The molecule has 1 aliphatic heterocycles. The number of rotatable bonds is 7. The van der Waals surface area contributed by atoms with Gasteiger partial charge in [-0.3, -0.25) is 9.78 Å². The van der Waals surface area contributed by atoms with Crippen LogP contribution in [0.2, 0.25) is 0 Å². The van der Waals surface area contributed by atoms with Gasteiger partial charge in [-0.25, -0.2) is 0 Å². The van der Waals surface area contributed by atoms with Crippen molar-refractivity contribution in [2.45, 2.75) is 33.1 Å². The molecule has 0 radical (unpaired) electrons. The predicted octanol–water partition coefficient (Wildman–Crippen LogP) is 3.97. The molecule has 0 unspecified atom stereocenters. The van der Waals surface area contributed by atoms with Gasteiger partial charge in [0.05, 0.1) is 13.2 Å². The second-order valence-corrected chi connectivity index (χ2v) is 6.78. The lowest BCUT2D eigenvalue weighted by atomic mass is 9.97. The van der Waals surface area contributed by atoms with Gasteiger partial charge in [-0.1, -0.05) is 12.1 Å². The number of nitrogens with zero attached hydrogens (tertiary/aromatic N) is 1. The minimum absolute atomic E-state index is 0.138. The Bertz CT molecular complexity index is 843. The molecule has 0 bridgehead atoms. The first-order valence-electron chi connectivity index (χ1n) is 9.19. The summed E-state index contributed by atoms with van der Waals surface area (Å²) < 4.78 is 11.8. The number of benzene rings is 1. The van der Waals surface area contributed by atoms with Gasteiger partial charge in [0.2, 0.25) is 0 Å². The SMILES string of the molecule is Cc1c(CCC(=O)O)ccc(OCC2=C(c3cccnc3)CCOC2)c1C. The third kappa shape index (κ3) is 4.74. The summed E-state index contributed by atoms with van der Waals surface area (Å²) in [6.07, 6.45) is 5.19. The highest BCUT2D eigenvalue weighted by Gasteiger charge is 2.16. The lowest BCUT2D eigenvalue weighted by Crippen LogP contribution is -2.16. The molecule has 2 heterocycles. The van der Waals surface area contributed by atoms with Crippen molar-refractivity contribution >= 4 is 11.5 Å². The Balaban J connectivity index is 1.76. The van der Waals surface area contributed by atoms with Gasteiger partial charge in [0, 0.05) is 18.8 Å². The monoisotopic (exact) mass is 367 g/mol. The van der Waals surface area contributed by atoms with E-state index in [9.17, 15) is 4.79 Å². The zero-order valence-electron chi connectivity index (χ0n) is 15.8. The van der Waals surface area contributed by atoms with Crippen molar-refractivity contribution in [2.75, 3.05) is 19.8 Å². The Labute approximate surface area is 159 Å². The van der Waals surface area contributed by atoms with Gasteiger partial charge in [-0.15, -0.1) is 0 Å². The molecular formula is C22H25NO4. The van der Waals surface area contributed by atoms with Crippen molar-refractivity contribution in [1.29, 1.82) is 0 Å². The molecule has 1 aliphatic rings. The van der Waals surface area contributed by atoms with Crippen molar-refractivity contribution in [3.05, 3.63) is 64.5 Å². The molecule has 1 N–H and O–H groups in total. The lowest BCUT2D eigenvalue weighted by Gasteiger charge is -2.22. The third-order valence-corrected chi connectivity index (χ3v) is 5.07. The van der Waals surface area contributed by atoms with E-state index in [1.165, 1.54) is 5.57 Å². The van der Waals surface area contributed by atoms with Crippen LogP contribution in [0.1, 0.15) is 35.1 Å². The van der Waals surface area contributed by atoms with Gasteiger partial charge in [0.15, 0.2) is 0 Å². The Morgan fingerprint density at radius 2 is 2.11 bits per heavy atom. The summed E-state index contributed by atoms with van der Waals surface area (Å²) in [6, 6.07) is 7.92. The number of aliphatic carboxylic acids is 1. The summed E-state index contributed by atoms with van der Waals surface area (Å²) >= 11 is 0. The van der Waals surface area contributed by atoms with Crippen molar-refractivity contribution in [1.82, 2.24) is 4.98 Å². The first-order valence-corrected chi connectivity index (χ1v) is 9.19. The quantitative estimate of drug-likeness (QED) is 0.802. The zero-order chi connectivity index (χ0) is 19.2. The van der Waals surface area contributed by atoms with E-state index in [0.717, 1.165) is 40.0 Å². The standard InChI is InChI=1S/C22H25NO4/c1-15-16(2)21(7-5-17(15)6-8-22(24)25)27-14-19-13-26-11-9-20(19)18-4-3-10-23-12-18/h3-5,7,10,12H,6,8-9,11,13-14H2,1-2H3,(H,24,25). The van der Waals surface area contributed by atoms with Crippen LogP contribution >= 0.6 is 0 Å². The van der Waals surface area contributed by atoms with Crippen LogP contribution in [0.4, 0.5) is 0 Å². The number of hydrogen-bond acceptors (Lipinski definition) is 4. The summed E-state index contributed by atoms with van der Waals surface area (Å²) in [4.78, 5) is 15.0. The van der Waals surface area contributed by atoms with Crippen LogP contribution in [-0.4, -0.2) is 35.9 Å². The molecule has 0 aliphatic carbocycles. The first-order chi connectivity index (χ1) is 13.1. The highest BCUT2D eigenvalue weighted by molar-refractivity contribution is 5.69. The molecule has 1 aromatic carbocycles. The Hall–Kier alpha value is -2.66. The highest BCUT2D eigenvalue weighted by atomic mass is 16.5. The molecule has 142 valence electrons. The van der Waals surface area contributed by atoms with Crippen LogP contribution in [0, 0.1) is 13.8 Å². The number of aryl methyl sites for hydroxylation is 1. The molecule has 0 spiro atoms. The van der Waals surface area contributed by atoms with Crippen LogP contribution in [0.5, 0.6) is 5.75 Å². The average Bonchev–Trinajstić information content (AvgIpc) is 2.69. The van der Waals surface area contributed by atoms with Gasteiger partial charge in [-0.05, 0) is 72.2 Å². The van der Waals surface area contributed by atoms with Gasteiger partial charge >= 0.3 is 5.97 Å². The fourth-order valence-electron chi connectivity index (χ4n) is 3.34. The molecule has 3 rings (SSSR count). The highest BCUT2D eigenvalue weighted by Crippen LogP contribution is 2.29. The van der Waals surface area contributed by atoms with E-state index in [2.05, 4.69) is 11.1 Å². The smallest absolute Gasteiger partial charge is 0.303 e. The molecule has 2 aromatic rings. The fourth-order valence-corrected chi connectivity index (χ4v) is 3.34. The second-order valence-electron chi connectivity index (χ2n) is 6.78. The number of hydrogen-bond donors (Lipinski definition) is 1. The van der Waals surface area contributed by atoms with Gasteiger partial charge < -0.3 is 14.6 Å². The van der Waals surface area contributed by atoms with E-state index >= 15 is 0 Å². The van der Waals surface area contributed by atoms with E-state index < -0.39 is 5.97 Å². The zero-order valence-corrected chi connectivity index (χ0v) is 15.8. The molecular weight excluding hydrogens is 342 g/mol. The predicted molar refractivity (Wildman–Crippen MR) is 104 cm³/mol. The fraction of sp³-hybridized carbons (Fsp3) is 0.364. The summed E-state index contributed by atoms with van der Waals surface area (Å²) in [5.74, 6) is 0.0507. The lowest BCUT2D eigenvalue weighted by molar-refractivity contribution is -0.136. The van der Waals surface area contributed by atoms with E-state index in [-0.39, 0.29) is 6.42 Å². The number of pyridine rings is 1. The minimum atomic E-state index is -0.778. The molecule has 0 saturated carbocycles. The van der Waals surface area contributed by atoms with Crippen LogP contribution in [-0.2, 0) is 16.0 Å². The van der Waals surface area contributed by atoms with Crippen molar-refractivity contribution in [3.8, 4) is 5.75 Å². The van der Waals surface area contributed by atoms with E-state index in [1.807, 2.05) is 38.2 Å². The van der Waals surface area contributed by atoms with Crippen molar-refractivity contribution < 1.29 is 19.4 Å². The van der Waals surface area contributed by atoms with E-state index in [0.29, 0.717) is 26.2 Å². The van der Waals surface area contributed by atoms with Crippen molar-refractivity contribution in [2.24, 2.45) is 0 Å². The first kappa shape index (κ1) is 19.1. The van der Waals surface area contributed by atoms with Gasteiger partial charge in [0.25, 0.3) is 0 Å². The molecule has 0 saturated heterocycles. The molecule has 0 fully saturated rings. The number of aromatic nitrogens is 1.